The summed E-state index contributed by atoms with van der Waals surface area (Å²) in [6.45, 7) is 7.92. The van der Waals surface area contributed by atoms with Gasteiger partial charge in [-0.05, 0) is 42.8 Å². The molecular formula is C24H27FN4O2. The average molecular weight is 423 g/mol. The molecule has 2 aromatic rings. The third kappa shape index (κ3) is 3.14. The predicted octanol–water partition coefficient (Wildman–Crippen LogP) is 3.87. The van der Waals surface area contributed by atoms with Crippen LogP contribution in [0.1, 0.15) is 13.3 Å². The Labute approximate surface area is 181 Å². The summed E-state index contributed by atoms with van der Waals surface area (Å²) in [5.41, 5.74) is 5.69. The summed E-state index contributed by atoms with van der Waals surface area (Å²) in [7, 11) is 0. The highest BCUT2D eigenvalue weighted by atomic mass is 19.1. The number of oxazole rings is 1. The molecule has 6 nitrogen and oxygen atoms in total. The highest BCUT2D eigenvalue weighted by molar-refractivity contribution is 5.79. The van der Waals surface area contributed by atoms with E-state index in [9.17, 15) is 4.39 Å². The molecule has 2 atom stereocenters. The lowest BCUT2D eigenvalue weighted by atomic mass is 9.88. The summed E-state index contributed by atoms with van der Waals surface area (Å²) in [4.78, 5) is 11.7. The van der Waals surface area contributed by atoms with Crippen LogP contribution in [0.2, 0.25) is 0 Å². The molecule has 162 valence electrons. The molecule has 0 spiro atoms. The van der Waals surface area contributed by atoms with E-state index in [1.54, 1.807) is 12.2 Å². The van der Waals surface area contributed by atoms with Crippen molar-refractivity contribution < 1.29 is 13.5 Å². The molecule has 1 fully saturated rings. The molecule has 0 radical (unpaired) electrons. The molecule has 0 N–H and O–H groups in total. The number of morpholine rings is 1. The standard InChI is InChI=1S/C24H27FN4O2/c1-2-29-21-7-8-28(15-19(21)18-5-3-16(25)13-22(18)29)17-4-6-23-20(14-17)26-24(31-23)27-9-11-30-12-10-27/h3-6,13-14,18,22H,2,7-12,15H2,1H3. The fourth-order valence-corrected chi connectivity index (χ4v) is 5.43. The van der Waals surface area contributed by atoms with Crippen molar-refractivity contribution in [2.45, 2.75) is 19.4 Å². The Balaban J connectivity index is 1.27. The summed E-state index contributed by atoms with van der Waals surface area (Å²) < 4.78 is 25.4. The van der Waals surface area contributed by atoms with Crippen LogP contribution in [0.4, 0.5) is 16.1 Å². The Bertz CT molecular complexity index is 1100. The van der Waals surface area contributed by atoms with Crippen LogP contribution in [0.3, 0.4) is 0 Å². The quantitative estimate of drug-likeness (QED) is 0.748. The van der Waals surface area contributed by atoms with Gasteiger partial charge in [-0.2, -0.15) is 4.98 Å². The van der Waals surface area contributed by atoms with Crippen LogP contribution in [0.15, 0.2) is 57.9 Å². The van der Waals surface area contributed by atoms with Gasteiger partial charge in [0.05, 0.1) is 19.3 Å². The number of aromatic nitrogens is 1. The molecule has 1 aliphatic carbocycles. The zero-order chi connectivity index (χ0) is 20.9. The second-order valence-electron chi connectivity index (χ2n) is 8.60. The van der Waals surface area contributed by atoms with Crippen molar-refractivity contribution in [3.8, 4) is 0 Å². The maximum atomic E-state index is 13.9. The van der Waals surface area contributed by atoms with Crippen molar-refractivity contribution in [1.29, 1.82) is 0 Å². The first-order valence-electron chi connectivity index (χ1n) is 11.2. The molecular weight excluding hydrogens is 395 g/mol. The molecule has 1 aromatic carbocycles. The number of ether oxygens (including phenoxy) is 1. The fourth-order valence-electron chi connectivity index (χ4n) is 5.43. The maximum absolute atomic E-state index is 13.9. The van der Waals surface area contributed by atoms with E-state index in [1.807, 2.05) is 12.1 Å². The number of fused-ring (bicyclic) bond motifs is 3. The topological polar surface area (TPSA) is 45.0 Å². The molecule has 2 unspecified atom stereocenters. The Kier molecular flexibility index (Phi) is 4.52. The van der Waals surface area contributed by atoms with Crippen LogP contribution in [0, 0.1) is 5.92 Å². The number of likely N-dealkylation sites (N-methyl/N-ethyl adjacent to an activating group) is 1. The van der Waals surface area contributed by atoms with Crippen LogP contribution < -0.4 is 9.80 Å². The minimum absolute atomic E-state index is 0.119. The minimum atomic E-state index is -0.121. The maximum Gasteiger partial charge on any atom is 0.298 e. The fraction of sp³-hybridized carbons (Fsp3) is 0.458. The number of anilines is 2. The average Bonchev–Trinajstić information content (AvgIpc) is 3.37. The van der Waals surface area contributed by atoms with Crippen molar-refractivity contribution >= 4 is 22.8 Å². The first kappa shape index (κ1) is 18.9. The number of hydrogen-bond acceptors (Lipinski definition) is 6. The monoisotopic (exact) mass is 422 g/mol. The van der Waals surface area contributed by atoms with Gasteiger partial charge in [0, 0.05) is 56.4 Å². The SMILES string of the molecule is CCN1C2=C(CN(c3ccc4oc(N5CCOCC5)nc4c3)CC2)C2C=CC(F)=CC21. The molecule has 1 aromatic heterocycles. The van der Waals surface area contributed by atoms with Gasteiger partial charge in [-0.25, -0.2) is 4.39 Å². The zero-order valence-electron chi connectivity index (χ0n) is 17.8. The lowest BCUT2D eigenvalue weighted by molar-refractivity contribution is 0.120. The van der Waals surface area contributed by atoms with Gasteiger partial charge in [0.15, 0.2) is 5.58 Å². The second-order valence-corrected chi connectivity index (χ2v) is 8.60. The number of benzene rings is 1. The van der Waals surface area contributed by atoms with E-state index in [0.717, 1.165) is 55.9 Å². The van der Waals surface area contributed by atoms with Gasteiger partial charge in [-0.3, -0.25) is 0 Å². The Morgan fingerprint density at radius 1 is 1.16 bits per heavy atom. The van der Waals surface area contributed by atoms with Gasteiger partial charge < -0.3 is 23.9 Å². The van der Waals surface area contributed by atoms with E-state index >= 15 is 0 Å². The molecule has 4 heterocycles. The number of halogens is 1. The minimum Gasteiger partial charge on any atom is -0.423 e. The Morgan fingerprint density at radius 3 is 2.87 bits per heavy atom. The molecule has 7 heteroatoms. The van der Waals surface area contributed by atoms with Gasteiger partial charge in [-0.1, -0.05) is 6.08 Å². The van der Waals surface area contributed by atoms with E-state index in [1.165, 1.54) is 11.3 Å². The number of nitrogens with zero attached hydrogens (tertiary/aromatic N) is 4. The molecule has 0 bridgehead atoms. The van der Waals surface area contributed by atoms with Gasteiger partial charge in [0.2, 0.25) is 0 Å². The van der Waals surface area contributed by atoms with Crippen LogP contribution in [0.5, 0.6) is 0 Å². The van der Waals surface area contributed by atoms with Crippen molar-refractivity contribution in [3.63, 3.8) is 0 Å². The molecule has 4 aliphatic rings. The van der Waals surface area contributed by atoms with E-state index in [2.05, 4.69) is 33.8 Å². The first-order chi connectivity index (χ1) is 15.2. The van der Waals surface area contributed by atoms with E-state index < -0.39 is 0 Å². The highest BCUT2D eigenvalue weighted by Crippen LogP contribution is 2.43. The third-order valence-electron chi connectivity index (χ3n) is 6.97. The number of rotatable bonds is 3. The molecule has 6 rings (SSSR count). The van der Waals surface area contributed by atoms with Crippen molar-refractivity contribution in [1.82, 2.24) is 9.88 Å². The van der Waals surface area contributed by atoms with E-state index in [-0.39, 0.29) is 17.8 Å². The van der Waals surface area contributed by atoms with E-state index in [4.69, 9.17) is 14.1 Å². The van der Waals surface area contributed by atoms with Crippen LogP contribution >= 0.6 is 0 Å². The van der Waals surface area contributed by atoms with Crippen LogP contribution in [-0.2, 0) is 4.74 Å². The second kappa shape index (κ2) is 7.41. The summed E-state index contributed by atoms with van der Waals surface area (Å²) in [5, 5.41) is 0. The summed E-state index contributed by atoms with van der Waals surface area (Å²) in [5.74, 6) is 0.143. The van der Waals surface area contributed by atoms with Gasteiger partial charge in [-0.15, -0.1) is 0 Å². The highest BCUT2D eigenvalue weighted by Gasteiger charge is 2.41. The van der Waals surface area contributed by atoms with Crippen LogP contribution in [0.25, 0.3) is 11.1 Å². The van der Waals surface area contributed by atoms with Crippen molar-refractivity contribution in [3.05, 3.63) is 53.5 Å². The molecule has 31 heavy (non-hydrogen) atoms. The summed E-state index contributed by atoms with van der Waals surface area (Å²) in [6, 6.07) is 7.09. The lowest BCUT2D eigenvalue weighted by Crippen LogP contribution is -2.36. The third-order valence-corrected chi connectivity index (χ3v) is 6.97. The first-order valence-corrected chi connectivity index (χ1v) is 11.2. The normalized spacial score (nSPS) is 25.9. The Morgan fingerprint density at radius 2 is 2.03 bits per heavy atom. The van der Waals surface area contributed by atoms with Gasteiger partial charge in [0.25, 0.3) is 6.01 Å². The summed E-state index contributed by atoms with van der Waals surface area (Å²) >= 11 is 0. The predicted molar refractivity (Wildman–Crippen MR) is 119 cm³/mol. The van der Waals surface area contributed by atoms with Gasteiger partial charge in [0.1, 0.15) is 11.3 Å². The number of hydrogen-bond donors (Lipinski definition) is 0. The summed E-state index contributed by atoms with van der Waals surface area (Å²) in [6.07, 6.45) is 6.43. The smallest absolute Gasteiger partial charge is 0.298 e. The molecule has 0 saturated carbocycles. The molecule has 3 aliphatic heterocycles. The van der Waals surface area contributed by atoms with E-state index in [0.29, 0.717) is 19.2 Å². The largest absolute Gasteiger partial charge is 0.423 e. The zero-order valence-corrected chi connectivity index (χ0v) is 17.8. The van der Waals surface area contributed by atoms with Crippen LogP contribution in [-0.4, -0.2) is 61.9 Å². The van der Waals surface area contributed by atoms with Crippen molar-refractivity contribution in [2.24, 2.45) is 5.92 Å². The molecule has 0 amide bonds. The molecule has 1 saturated heterocycles. The Hall–Kier alpha value is -2.80. The van der Waals surface area contributed by atoms with Crippen molar-refractivity contribution in [2.75, 3.05) is 55.7 Å². The lowest BCUT2D eigenvalue weighted by Gasteiger charge is -2.33. The number of allylic oxidation sites excluding steroid dienone is 2. The van der Waals surface area contributed by atoms with Gasteiger partial charge >= 0.3 is 0 Å².